The molecule has 2 aromatic rings. The summed E-state index contributed by atoms with van der Waals surface area (Å²) in [4.78, 5) is 17.3. The molecule has 0 unspecified atom stereocenters. The second-order valence-corrected chi connectivity index (χ2v) is 5.35. The average molecular weight is 277 g/mol. The fourth-order valence-electron chi connectivity index (χ4n) is 1.82. The molecular formula is C13H15N3O2S. The summed E-state index contributed by atoms with van der Waals surface area (Å²) in [6.07, 6.45) is 0. The van der Waals surface area contributed by atoms with E-state index in [4.69, 9.17) is 10.8 Å². The molecule has 0 atom stereocenters. The molecule has 0 spiro atoms. The van der Waals surface area contributed by atoms with E-state index in [1.165, 1.54) is 6.07 Å². The van der Waals surface area contributed by atoms with Crippen LogP contribution in [0.1, 0.15) is 21.1 Å². The lowest BCUT2D eigenvalue weighted by atomic mass is 10.1. The van der Waals surface area contributed by atoms with Crippen molar-refractivity contribution in [3.63, 3.8) is 0 Å². The number of aromatic nitrogens is 1. The highest BCUT2D eigenvalue weighted by Gasteiger charge is 2.11. The van der Waals surface area contributed by atoms with Crippen LogP contribution in [0.2, 0.25) is 0 Å². The molecule has 19 heavy (non-hydrogen) atoms. The van der Waals surface area contributed by atoms with Crippen molar-refractivity contribution in [2.45, 2.75) is 13.5 Å². The summed E-state index contributed by atoms with van der Waals surface area (Å²) in [6, 6.07) is 4.69. The van der Waals surface area contributed by atoms with Crippen molar-refractivity contribution in [1.29, 1.82) is 0 Å². The number of hydrogen-bond acceptors (Lipinski definition) is 5. The van der Waals surface area contributed by atoms with Crippen LogP contribution in [0.5, 0.6) is 0 Å². The number of nitrogens with zero attached hydrogens (tertiary/aromatic N) is 2. The molecule has 2 rings (SSSR count). The van der Waals surface area contributed by atoms with Gasteiger partial charge in [-0.05, 0) is 25.1 Å². The summed E-state index contributed by atoms with van der Waals surface area (Å²) in [6.45, 7) is 2.55. The highest BCUT2D eigenvalue weighted by Crippen LogP contribution is 2.25. The van der Waals surface area contributed by atoms with Crippen LogP contribution in [0, 0.1) is 6.92 Å². The van der Waals surface area contributed by atoms with Crippen molar-refractivity contribution in [3.05, 3.63) is 39.8 Å². The monoisotopic (exact) mass is 277 g/mol. The van der Waals surface area contributed by atoms with Gasteiger partial charge >= 0.3 is 5.97 Å². The fraction of sp³-hybridized carbons (Fsp3) is 0.231. The molecule has 0 saturated heterocycles. The third-order valence-electron chi connectivity index (χ3n) is 2.75. The zero-order chi connectivity index (χ0) is 14.0. The highest BCUT2D eigenvalue weighted by atomic mass is 32.1. The summed E-state index contributed by atoms with van der Waals surface area (Å²) in [5.41, 5.74) is 8.33. The number of anilines is 2. The minimum Gasteiger partial charge on any atom is -0.478 e. The molecule has 0 saturated carbocycles. The van der Waals surface area contributed by atoms with Crippen LogP contribution in [0.3, 0.4) is 0 Å². The average Bonchev–Trinajstić information content (AvgIpc) is 2.74. The Balaban J connectivity index is 2.25. The highest BCUT2D eigenvalue weighted by molar-refractivity contribution is 7.09. The maximum absolute atomic E-state index is 11.0. The van der Waals surface area contributed by atoms with E-state index in [1.54, 1.807) is 23.5 Å². The molecule has 3 N–H and O–H groups in total. The van der Waals surface area contributed by atoms with E-state index in [0.717, 1.165) is 10.7 Å². The van der Waals surface area contributed by atoms with Gasteiger partial charge in [-0.2, -0.15) is 0 Å². The number of aryl methyl sites for hydroxylation is 1. The molecule has 0 aliphatic carbocycles. The number of benzene rings is 1. The Labute approximate surface area is 115 Å². The Kier molecular flexibility index (Phi) is 3.71. The number of carboxylic acid groups (broad SMARTS) is 1. The Hall–Kier alpha value is -2.08. The van der Waals surface area contributed by atoms with Crippen molar-refractivity contribution in [3.8, 4) is 0 Å². The van der Waals surface area contributed by atoms with Crippen LogP contribution >= 0.6 is 11.3 Å². The van der Waals surface area contributed by atoms with Gasteiger partial charge in [0.05, 0.1) is 34.2 Å². The summed E-state index contributed by atoms with van der Waals surface area (Å²) >= 11 is 1.59. The zero-order valence-corrected chi connectivity index (χ0v) is 11.6. The van der Waals surface area contributed by atoms with Gasteiger partial charge < -0.3 is 15.7 Å². The predicted molar refractivity (Wildman–Crippen MR) is 76.8 cm³/mol. The Morgan fingerprint density at radius 2 is 2.26 bits per heavy atom. The number of aromatic carboxylic acids is 1. The normalized spacial score (nSPS) is 10.4. The van der Waals surface area contributed by atoms with E-state index in [9.17, 15) is 4.79 Å². The van der Waals surface area contributed by atoms with E-state index in [1.807, 2.05) is 24.3 Å². The first-order chi connectivity index (χ1) is 8.97. The van der Waals surface area contributed by atoms with Gasteiger partial charge in [0, 0.05) is 12.4 Å². The van der Waals surface area contributed by atoms with Gasteiger partial charge in [-0.3, -0.25) is 0 Å². The van der Waals surface area contributed by atoms with Crippen molar-refractivity contribution >= 4 is 28.7 Å². The molecule has 1 aromatic heterocycles. The molecule has 1 aromatic carbocycles. The van der Waals surface area contributed by atoms with Crippen LogP contribution in [0.4, 0.5) is 11.4 Å². The Morgan fingerprint density at radius 3 is 2.84 bits per heavy atom. The maximum Gasteiger partial charge on any atom is 0.335 e. The molecule has 1 heterocycles. The van der Waals surface area contributed by atoms with Crippen LogP contribution in [-0.2, 0) is 6.54 Å². The lowest BCUT2D eigenvalue weighted by molar-refractivity contribution is 0.0697. The number of nitrogen functional groups attached to an aromatic ring is 1. The lowest BCUT2D eigenvalue weighted by Crippen LogP contribution is -2.18. The molecule has 0 aliphatic heterocycles. The summed E-state index contributed by atoms with van der Waals surface area (Å²) in [5.74, 6) is -0.959. The molecule has 0 bridgehead atoms. The van der Waals surface area contributed by atoms with Crippen LogP contribution in [0.25, 0.3) is 0 Å². The smallest absolute Gasteiger partial charge is 0.335 e. The first-order valence-corrected chi connectivity index (χ1v) is 6.60. The second-order valence-electron chi connectivity index (χ2n) is 4.29. The van der Waals surface area contributed by atoms with Crippen LogP contribution < -0.4 is 10.6 Å². The number of carboxylic acids is 1. The molecule has 0 fully saturated rings. The Bertz CT molecular complexity index is 610. The van der Waals surface area contributed by atoms with Crippen LogP contribution in [0.15, 0.2) is 23.6 Å². The van der Waals surface area contributed by atoms with Crippen molar-refractivity contribution in [2.24, 2.45) is 0 Å². The summed E-state index contributed by atoms with van der Waals surface area (Å²) in [5, 5.41) is 12.0. The minimum absolute atomic E-state index is 0.227. The Morgan fingerprint density at radius 1 is 1.53 bits per heavy atom. The van der Waals surface area contributed by atoms with Crippen molar-refractivity contribution in [2.75, 3.05) is 17.7 Å². The molecule has 5 nitrogen and oxygen atoms in total. The van der Waals surface area contributed by atoms with Crippen molar-refractivity contribution < 1.29 is 9.90 Å². The third-order valence-corrected chi connectivity index (χ3v) is 3.58. The minimum atomic E-state index is -0.959. The van der Waals surface area contributed by atoms with Crippen molar-refractivity contribution in [1.82, 2.24) is 4.98 Å². The van der Waals surface area contributed by atoms with E-state index in [2.05, 4.69) is 4.98 Å². The molecule has 0 radical (unpaired) electrons. The largest absolute Gasteiger partial charge is 0.478 e. The summed E-state index contributed by atoms with van der Waals surface area (Å²) in [7, 11) is 1.87. The predicted octanol–water partition coefficient (Wildman–Crippen LogP) is 2.37. The van der Waals surface area contributed by atoms with Gasteiger partial charge in [-0.25, -0.2) is 9.78 Å². The van der Waals surface area contributed by atoms with E-state index in [-0.39, 0.29) is 5.56 Å². The number of thiazole rings is 1. The quantitative estimate of drug-likeness (QED) is 0.839. The van der Waals surface area contributed by atoms with E-state index in [0.29, 0.717) is 17.9 Å². The zero-order valence-electron chi connectivity index (χ0n) is 10.8. The van der Waals surface area contributed by atoms with Gasteiger partial charge in [-0.1, -0.05) is 0 Å². The van der Waals surface area contributed by atoms with E-state index < -0.39 is 5.97 Å². The van der Waals surface area contributed by atoms with Crippen LogP contribution in [-0.4, -0.2) is 23.1 Å². The lowest BCUT2D eigenvalue weighted by Gasteiger charge is -2.20. The standard InChI is InChI=1S/C13H15N3O2S/c1-8-15-10(7-19-8)6-16(2)12-5-9(13(17)18)3-4-11(12)14/h3-5,7H,6,14H2,1-2H3,(H,17,18). The molecule has 6 heteroatoms. The van der Waals surface area contributed by atoms with Gasteiger partial charge in [0.25, 0.3) is 0 Å². The molecule has 0 aliphatic rings. The number of hydrogen-bond donors (Lipinski definition) is 2. The molecular weight excluding hydrogens is 262 g/mol. The number of nitrogens with two attached hydrogens (primary N) is 1. The van der Waals surface area contributed by atoms with E-state index >= 15 is 0 Å². The number of carbonyl (C=O) groups is 1. The first kappa shape index (κ1) is 13.4. The molecule has 0 amide bonds. The van der Waals surface area contributed by atoms with Gasteiger partial charge in [0.15, 0.2) is 0 Å². The first-order valence-electron chi connectivity index (χ1n) is 5.72. The van der Waals surface area contributed by atoms with Gasteiger partial charge in [0.1, 0.15) is 0 Å². The second kappa shape index (κ2) is 5.27. The SMILES string of the molecule is Cc1nc(CN(C)c2cc(C(=O)O)ccc2N)cs1. The summed E-state index contributed by atoms with van der Waals surface area (Å²) < 4.78 is 0. The fourth-order valence-corrected chi connectivity index (χ4v) is 2.42. The third kappa shape index (κ3) is 3.03. The topological polar surface area (TPSA) is 79.5 Å². The number of rotatable bonds is 4. The molecule has 100 valence electrons. The van der Waals surface area contributed by atoms with Gasteiger partial charge in [0.2, 0.25) is 0 Å². The van der Waals surface area contributed by atoms with Gasteiger partial charge in [-0.15, -0.1) is 11.3 Å². The maximum atomic E-state index is 11.0.